The van der Waals surface area contributed by atoms with Crippen molar-refractivity contribution in [3.63, 3.8) is 0 Å². The third-order valence-electron chi connectivity index (χ3n) is 4.40. The summed E-state index contributed by atoms with van der Waals surface area (Å²) in [5.41, 5.74) is 0.0890. The van der Waals surface area contributed by atoms with Crippen LogP contribution < -0.4 is 0 Å². The van der Waals surface area contributed by atoms with Crippen LogP contribution in [0.1, 0.15) is 42.6 Å². The molecule has 0 aromatic carbocycles. The van der Waals surface area contributed by atoms with Crippen molar-refractivity contribution in [2.75, 3.05) is 13.2 Å². The Balaban J connectivity index is 1.87. The number of carbonyl (C=O) groups excluding carboxylic acids is 1. The van der Waals surface area contributed by atoms with E-state index in [9.17, 15) is 10.1 Å². The van der Waals surface area contributed by atoms with Crippen molar-refractivity contribution in [3.05, 3.63) is 24.0 Å². The minimum atomic E-state index is -0.479. The quantitative estimate of drug-likeness (QED) is 0.851. The van der Waals surface area contributed by atoms with Crippen LogP contribution in [-0.4, -0.2) is 40.6 Å². The summed E-state index contributed by atoms with van der Waals surface area (Å²) in [4.78, 5) is 17.2. The Morgan fingerprint density at radius 1 is 1.45 bits per heavy atom. The number of nitrogens with one attached hydrogen (secondary N) is 1. The average molecular weight is 273 g/mol. The largest absolute Gasteiger partial charge is 0.372 e. The van der Waals surface area contributed by atoms with Crippen LogP contribution in [0.4, 0.5) is 0 Å². The second kappa shape index (κ2) is 5.29. The molecule has 5 nitrogen and oxygen atoms in total. The van der Waals surface area contributed by atoms with E-state index in [2.05, 4.69) is 11.1 Å². The number of aromatic nitrogens is 1. The number of piperidine rings is 1. The SMILES string of the molecule is N#C[C@H]1N(C(=O)c2ccc[nH]2)CCC[C@]12CCCCO2. The van der Waals surface area contributed by atoms with Crippen molar-refractivity contribution in [2.45, 2.75) is 43.7 Å². The first kappa shape index (κ1) is 13.2. The summed E-state index contributed by atoms with van der Waals surface area (Å²) in [5, 5.41) is 9.59. The van der Waals surface area contributed by atoms with Gasteiger partial charge in [0.2, 0.25) is 0 Å². The van der Waals surface area contributed by atoms with Gasteiger partial charge in [0.1, 0.15) is 17.3 Å². The topological polar surface area (TPSA) is 69.1 Å². The van der Waals surface area contributed by atoms with Gasteiger partial charge in [-0.2, -0.15) is 5.26 Å². The third kappa shape index (κ3) is 2.10. The summed E-state index contributed by atoms with van der Waals surface area (Å²) in [7, 11) is 0. The summed E-state index contributed by atoms with van der Waals surface area (Å²) < 4.78 is 5.98. The smallest absolute Gasteiger partial charge is 0.271 e. The number of carbonyl (C=O) groups is 1. The number of amides is 1. The Labute approximate surface area is 118 Å². The molecule has 3 rings (SSSR count). The number of likely N-dealkylation sites (tertiary alicyclic amines) is 1. The summed E-state index contributed by atoms with van der Waals surface area (Å²) >= 11 is 0. The van der Waals surface area contributed by atoms with Gasteiger partial charge in [-0.15, -0.1) is 0 Å². The molecule has 2 aliphatic rings. The van der Waals surface area contributed by atoms with Gasteiger partial charge in [0.05, 0.1) is 6.07 Å². The fourth-order valence-corrected chi connectivity index (χ4v) is 3.41. The Morgan fingerprint density at radius 3 is 2.95 bits per heavy atom. The highest BCUT2D eigenvalue weighted by Crippen LogP contribution is 2.38. The lowest BCUT2D eigenvalue weighted by Crippen LogP contribution is -2.60. The highest BCUT2D eigenvalue weighted by Gasteiger charge is 2.48. The minimum absolute atomic E-state index is 0.102. The van der Waals surface area contributed by atoms with E-state index in [0.717, 1.165) is 32.1 Å². The molecule has 1 aromatic rings. The van der Waals surface area contributed by atoms with Crippen LogP contribution in [0.2, 0.25) is 0 Å². The van der Waals surface area contributed by atoms with Crippen molar-refractivity contribution < 1.29 is 9.53 Å². The molecule has 2 aliphatic heterocycles. The molecule has 0 bridgehead atoms. The highest BCUT2D eigenvalue weighted by molar-refractivity contribution is 5.93. The first-order chi connectivity index (χ1) is 9.77. The van der Waals surface area contributed by atoms with Gasteiger partial charge in [-0.25, -0.2) is 0 Å². The summed E-state index contributed by atoms with van der Waals surface area (Å²) in [5.74, 6) is -0.102. The van der Waals surface area contributed by atoms with Gasteiger partial charge in [0.25, 0.3) is 5.91 Å². The minimum Gasteiger partial charge on any atom is -0.372 e. The zero-order valence-corrected chi connectivity index (χ0v) is 11.5. The van der Waals surface area contributed by atoms with Crippen LogP contribution in [0.3, 0.4) is 0 Å². The maximum atomic E-state index is 12.5. The van der Waals surface area contributed by atoms with E-state index < -0.39 is 11.6 Å². The zero-order chi connectivity index (χ0) is 14.0. The standard InChI is InChI=1S/C15H19N3O2/c16-11-13-15(6-1-2-10-20-15)7-4-9-18(13)14(19)12-5-3-8-17-12/h3,5,8,13,17H,1-2,4,6-7,9-10H2/t13-,15-/m1/s1. The molecular weight excluding hydrogens is 254 g/mol. The lowest BCUT2D eigenvalue weighted by Gasteiger charge is -2.48. The molecule has 1 spiro atoms. The normalized spacial score (nSPS) is 30.1. The first-order valence-electron chi connectivity index (χ1n) is 7.25. The predicted molar refractivity (Wildman–Crippen MR) is 73.0 cm³/mol. The van der Waals surface area contributed by atoms with Crippen molar-refractivity contribution in [3.8, 4) is 6.07 Å². The highest BCUT2D eigenvalue weighted by atomic mass is 16.5. The molecule has 0 aliphatic carbocycles. The van der Waals surface area contributed by atoms with E-state index in [0.29, 0.717) is 18.8 Å². The van der Waals surface area contributed by atoms with Crippen molar-refractivity contribution in [1.82, 2.24) is 9.88 Å². The van der Waals surface area contributed by atoms with Gasteiger partial charge in [-0.1, -0.05) is 0 Å². The first-order valence-corrected chi connectivity index (χ1v) is 7.25. The molecule has 1 aromatic heterocycles. The van der Waals surface area contributed by atoms with Gasteiger partial charge in [0.15, 0.2) is 0 Å². The number of ether oxygens (including phenoxy) is 1. The van der Waals surface area contributed by atoms with Crippen LogP contribution >= 0.6 is 0 Å². The third-order valence-corrected chi connectivity index (χ3v) is 4.40. The molecule has 20 heavy (non-hydrogen) atoms. The number of nitriles is 1. The second-order valence-electron chi connectivity index (χ2n) is 5.59. The van der Waals surface area contributed by atoms with Crippen LogP contribution in [0.25, 0.3) is 0 Å². The molecule has 0 saturated carbocycles. The summed E-state index contributed by atoms with van der Waals surface area (Å²) in [6.45, 7) is 1.32. The number of rotatable bonds is 1. The monoisotopic (exact) mass is 273 g/mol. The Kier molecular flexibility index (Phi) is 3.49. The summed E-state index contributed by atoms with van der Waals surface area (Å²) in [6, 6.07) is 5.39. The molecule has 0 unspecified atom stereocenters. The zero-order valence-electron chi connectivity index (χ0n) is 11.5. The fraction of sp³-hybridized carbons (Fsp3) is 0.600. The Hall–Kier alpha value is -1.80. The predicted octanol–water partition coefficient (Wildman–Crippen LogP) is 2.08. The van der Waals surface area contributed by atoms with Gasteiger partial charge in [-0.3, -0.25) is 4.79 Å². The molecule has 1 amide bonds. The van der Waals surface area contributed by atoms with Gasteiger partial charge in [-0.05, 0) is 44.2 Å². The second-order valence-corrected chi connectivity index (χ2v) is 5.59. The van der Waals surface area contributed by atoms with E-state index in [-0.39, 0.29) is 5.91 Å². The summed E-state index contributed by atoms with van der Waals surface area (Å²) in [6.07, 6.45) is 6.49. The molecular formula is C15H19N3O2. The number of hydrogen-bond acceptors (Lipinski definition) is 3. The fourth-order valence-electron chi connectivity index (χ4n) is 3.41. The molecule has 106 valence electrons. The molecule has 2 saturated heterocycles. The molecule has 3 heterocycles. The van der Waals surface area contributed by atoms with Crippen LogP contribution in [-0.2, 0) is 4.74 Å². The molecule has 2 atom stereocenters. The van der Waals surface area contributed by atoms with Crippen LogP contribution in [0.15, 0.2) is 18.3 Å². The van der Waals surface area contributed by atoms with E-state index >= 15 is 0 Å². The number of H-pyrrole nitrogens is 1. The lowest BCUT2D eigenvalue weighted by molar-refractivity contribution is -0.128. The lowest BCUT2D eigenvalue weighted by atomic mass is 9.79. The number of hydrogen-bond donors (Lipinski definition) is 1. The molecule has 1 N–H and O–H groups in total. The van der Waals surface area contributed by atoms with E-state index in [1.165, 1.54) is 0 Å². The van der Waals surface area contributed by atoms with Crippen LogP contribution in [0.5, 0.6) is 0 Å². The van der Waals surface area contributed by atoms with E-state index in [4.69, 9.17) is 4.74 Å². The van der Waals surface area contributed by atoms with Crippen molar-refractivity contribution in [2.24, 2.45) is 0 Å². The molecule has 2 fully saturated rings. The number of nitrogens with zero attached hydrogens (tertiary/aromatic N) is 2. The molecule has 0 radical (unpaired) electrons. The van der Waals surface area contributed by atoms with Crippen molar-refractivity contribution in [1.29, 1.82) is 5.26 Å². The van der Waals surface area contributed by atoms with Gasteiger partial charge >= 0.3 is 0 Å². The van der Waals surface area contributed by atoms with Gasteiger partial charge in [0, 0.05) is 19.3 Å². The maximum Gasteiger partial charge on any atom is 0.271 e. The maximum absolute atomic E-state index is 12.5. The Morgan fingerprint density at radius 2 is 2.30 bits per heavy atom. The van der Waals surface area contributed by atoms with E-state index in [1.807, 2.05) is 0 Å². The average Bonchev–Trinajstić information content (AvgIpc) is 3.01. The Bertz CT molecular complexity index is 506. The van der Waals surface area contributed by atoms with Crippen LogP contribution in [0, 0.1) is 11.3 Å². The van der Waals surface area contributed by atoms with Crippen molar-refractivity contribution >= 4 is 5.91 Å². The van der Waals surface area contributed by atoms with E-state index in [1.54, 1.807) is 23.2 Å². The molecule has 5 heteroatoms. The number of aromatic amines is 1. The van der Waals surface area contributed by atoms with Gasteiger partial charge < -0.3 is 14.6 Å².